The molecular weight excluding hydrogens is 250 g/mol. The Morgan fingerprint density at radius 3 is 2.67 bits per heavy atom. The molecule has 0 radical (unpaired) electrons. The number of aromatic carboxylic acids is 1. The first-order valence-electron chi connectivity index (χ1n) is 5.47. The Bertz CT molecular complexity index is 654. The number of carbonyl (C=O) groups is 1. The van der Waals surface area contributed by atoms with E-state index in [4.69, 9.17) is 5.11 Å². The molecule has 0 saturated carbocycles. The van der Waals surface area contributed by atoms with E-state index >= 15 is 0 Å². The molecule has 0 bridgehead atoms. The lowest BCUT2D eigenvalue weighted by atomic mass is 10.2. The van der Waals surface area contributed by atoms with Gasteiger partial charge in [-0.25, -0.2) is 4.79 Å². The fourth-order valence-electron chi connectivity index (χ4n) is 1.70. The number of aromatic nitrogens is 1. The molecule has 0 aromatic carbocycles. The Morgan fingerprint density at radius 2 is 2.11 bits per heavy atom. The maximum atomic E-state index is 11.7. The first kappa shape index (κ1) is 12.6. The highest BCUT2D eigenvalue weighted by molar-refractivity contribution is 7.14. The first-order chi connectivity index (χ1) is 8.47. The summed E-state index contributed by atoms with van der Waals surface area (Å²) in [6.45, 7) is 4.14. The van der Waals surface area contributed by atoms with Crippen LogP contribution in [0.4, 0.5) is 0 Å². The van der Waals surface area contributed by atoms with E-state index in [2.05, 4.69) is 0 Å². The molecule has 2 aromatic rings. The van der Waals surface area contributed by atoms with E-state index in [-0.39, 0.29) is 5.56 Å². The van der Waals surface area contributed by atoms with Crippen molar-refractivity contribution in [2.75, 3.05) is 0 Å². The van der Waals surface area contributed by atoms with Crippen LogP contribution in [0.2, 0.25) is 0 Å². The zero-order valence-corrected chi connectivity index (χ0v) is 11.0. The van der Waals surface area contributed by atoms with Crippen molar-refractivity contribution in [3.63, 3.8) is 0 Å². The van der Waals surface area contributed by atoms with Gasteiger partial charge in [0.2, 0.25) is 0 Å². The molecule has 0 amide bonds. The maximum Gasteiger partial charge on any atom is 0.345 e. The van der Waals surface area contributed by atoms with Crippen LogP contribution in [-0.2, 0) is 6.54 Å². The predicted molar refractivity (Wildman–Crippen MR) is 70.6 cm³/mol. The Kier molecular flexibility index (Phi) is 3.34. The van der Waals surface area contributed by atoms with Crippen molar-refractivity contribution in [1.82, 2.24) is 4.57 Å². The van der Waals surface area contributed by atoms with Gasteiger partial charge in [-0.2, -0.15) is 0 Å². The largest absolute Gasteiger partial charge is 0.477 e. The Balaban J connectivity index is 2.34. The minimum Gasteiger partial charge on any atom is -0.477 e. The van der Waals surface area contributed by atoms with Gasteiger partial charge in [0.25, 0.3) is 5.56 Å². The molecule has 0 atom stereocenters. The van der Waals surface area contributed by atoms with Gasteiger partial charge in [-0.05, 0) is 37.1 Å². The van der Waals surface area contributed by atoms with Crippen LogP contribution >= 0.6 is 11.3 Å². The number of thiophene rings is 1. The third-order valence-electron chi connectivity index (χ3n) is 2.72. The summed E-state index contributed by atoms with van der Waals surface area (Å²) in [6, 6.07) is 5.07. The van der Waals surface area contributed by atoms with E-state index in [1.807, 2.05) is 19.9 Å². The summed E-state index contributed by atoms with van der Waals surface area (Å²) in [4.78, 5) is 23.9. The summed E-state index contributed by atoms with van der Waals surface area (Å²) in [5.41, 5.74) is 1.73. The standard InChI is InChI=1S/C13H13NO3S/c1-8-3-4-14(12(15)5-8)7-10-6-11(13(16)17)18-9(10)2/h3-6H,7H2,1-2H3,(H,16,17). The number of hydrogen-bond acceptors (Lipinski definition) is 3. The van der Waals surface area contributed by atoms with Crippen LogP contribution in [-0.4, -0.2) is 15.6 Å². The van der Waals surface area contributed by atoms with Crippen LogP contribution in [0.3, 0.4) is 0 Å². The van der Waals surface area contributed by atoms with Gasteiger partial charge in [0.05, 0.1) is 6.54 Å². The second-order valence-electron chi connectivity index (χ2n) is 4.17. The lowest BCUT2D eigenvalue weighted by Crippen LogP contribution is -2.19. The number of carboxylic acid groups (broad SMARTS) is 1. The molecule has 94 valence electrons. The first-order valence-corrected chi connectivity index (χ1v) is 6.28. The highest BCUT2D eigenvalue weighted by Gasteiger charge is 2.11. The second kappa shape index (κ2) is 4.78. The predicted octanol–water partition coefficient (Wildman–Crippen LogP) is 2.27. The summed E-state index contributed by atoms with van der Waals surface area (Å²) in [6.07, 6.45) is 1.73. The molecule has 0 aliphatic carbocycles. The van der Waals surface area contributed by atoms with Crippen molar-refractivity contribution in [2.24, 2.45) is 0 Å². The van der Waals surface area contributed by atoms with Crippen molar-refractivity contribution in [3.8, 4) is 0 Å². The fraction of sp³-hybridized carbons (Fsp3) is 0.231. The van der Waals surface area contributed by atoms with Crippen molar-refractivity contribution in [3.05, 3.63) is 55.6 Å². The number of hydrogen-bond donors (Lipinski definition) is 1. The normalized spacial score (nSPS) is 10.6. The van der Waals surface area contributed by atoms with Crippen molar-refractivity contribution in [1.29, 1.82) is 0 Å². The SMILES string of the molecule is Cc1ccn(Cc2cc(C(=O)O)sc2C)c(=O)c1. The van der Waals surface area contributed by atoms with Gasteiger partial charge in [0, 0.05) is 17.1 Å². The van der Waals surface area contributed by atoms with Crippen molar-refractivity contribution < 1.29 is 9.90 Å². The molecule has 2 rings (SSSR count). The van der Waals surface area contributed by atoms with Gasteiger partial charge in [0.15, 0.2) is 0 Å². The van der Waals surface area contributed by atoms with E-state index < -0.39 is 5.97 Å². The number of nitrogens with zero attached hydrogens (tertiary/aromatic N) is 1. The van der Waals surface area contributed by atoms with Crippen LogP contribution in [0.5, 0.6) is 0 Å². The quantitative estimate of drug-likeness (QED) is 0.924. The van der Waals surface area contributed by atoms with Gasteiger partial charge >= 0.3 is 5.97 Å². The zero-order chi connectivity index (χ0) is 13.3. The molecule has 18 heavy (non-hydrogen) atoms. The third kappa shape index (κ3) is 2.51. The summed E-state index contributed by atoms with van der Waals surface area (Å²) in [5, 5.41) is 8.92. The minimum absolute atomic E-state index is 0.0718. The highest BCUT2D eigenvalue weighted by Crippen LogP contribution is 2.22. The number of pyridine rings is 1. The lowest BCUT2D eigenvalue weighted by molar-refractivity contribution is 0.0702. The average Bonchev–Trinajstić information content (AvgIpc) is 2.64. The lowest BCUT2D eigenvalue weighted by Gasteiger charge is -2.05. The average molecular weight is 263 g/mol. The molecule has 2 heterocycles. The van der Waals surface area contributed by atoms with Crippen LogP contribution in [0.15, 0.2) is 29.2 Å². The van der Waals surface area contributed by atoms with Crippen molar-refractivity contribution in [2.45, 2.75) is 20.4 Å². The topological polar surface area (TPSA) is 59.3 Å². The van der Waals surface area contributed by atoms with E-state index in [1.165, 1.54) is 11.3 Å². The number of aryl methyl sites for hydroxylation is 2. The van der Waals surface area contributed by atoms with E-state index in [1.54, 1.807) is 22.9 Å². The molecular formula is C13H13NO3S. The molecule has 0 aliphatic heterocycles. The van der Waals surface area contributed by atoms with E-state index in [9.17, 15) is 9.59 Å². The Morgan fingerprint density at radius 1 is 1.39 bits per heavy atom. The maximum absolute atomic E-state index is 11.7. The van der Waals surface area contributed by atoms with Gasteiger partial charge < -0.3 is 9.67 Å². The molecule has 0 saturated heterocycles. The summed E-state index contributed by atoms with van der Waals surface area (Å²) in [7, 11) is 0. The second-order valence-corrected chi connectivity index (χ2v) is 5.42. The van der Waals surface area contributed by atoms with Crippen molar-refractivity contribution >= 4 is 17.3 Å². The fourth-order valence-corrected chi connectivity index (χ4v) is 2.58. The van der Waals surface area contributed by atoms with Crippen LogP contribution in [0.1, 0.15) is 25.7 Å². The molecule has 0 fully saturated rings. The molecule has 0 aliphatic rings. The zero-order valence-electron chi connectivity index (χ0n) is 10.1. The number of carboxylic acids is 1. The smallest absolute Gasteiger partial charge is 0.345 e. The Labute approximate surface area is 108 Å². The highest BCUT2D eigenvalue weighted by atomic mass is 32.1. The van der Waals surface area contributed by atoms with Gasteiger partial charge in [0.1, 0.15) is 4.88 Å². The van der Waals surface area contributed by atoms with Gasteiger partial charge in [-0.1, -0.05) is 0 Å². The summed E-state index contributed by atoms with van der Waals surface area (Å²) in [5.74, 6) is -0.925. The van der Waals surface area contributed by atoms with Gasteiger partial charge in [-0.3, -0.25) is 4.79 Å². The monoisotopic (exact) mass is 263 g/mol. The summed E-state index contributed by atoms with van der Waals surface area (Å²) >= 11 is 1.24. The molecule has 5 heteroatoms. The van der Waals surface area contributed by atoms with E-state index in [0.29, 0.717) is 11.4 Å². The van der Waals surface area contributed by atoms with E-state index in [0.717, 1.165) is 16.0 Å². The third-order valence-corrected chi connectivity index (χ3v) is 3.80. The van der Waals surface area contributed by atoms with Crippen LogP contribution in [0, 0.1) is 13.8 Å². The molecule has 0 unspecified atom stereocenters. The minimum atomic E-state index is -0.925. The molecule has 2 aromatic heterocycles. The molecule has 0 spiro atoms. The van der Waals surface area contributed by atoms with Crippen LogP contribution in [0.25, 0.3) is 0 Å². The summed E-state index contributed by atoms with van der Waals surface area (Å²) < 4.78 is 1.58. The van der Waals surface area contributed by atoms with Gasteiger partial charge in [-0.15, -0.1) is 11.3 Å². The number of rotatable bonds is 3. The molecule has 1 N–H and O–H groups in total. The van der Waals surface area contributed by atoms with Crippen LogP contribution < -0.4 is 5.56 Å². The Hall–Kier alpha value is -1.88. The molecule has 4 nitrogen and oxygen atoms in total.